The summed E-state index contributed by atoms with van der Waals surface area (Å²) < 4.78 is 11.1. The number of carbonyl (C=O) groups excluding carboxylic acids is 1. The Kier molecular flexibility index (Phi) is 4.53. The molecule has 6 nitrogen and oxygen atoms in total. The van der Waals surface area contributed by atoms with Gasteiger partial charge in [-0.15, -0.1) is 10.2 Å². The largest absolute Gasteiger partial charge is 0.411 e. The molecule has 0 N–H and O–H groups in total. The minimum Gasteiger partial charge on any atom is -0.411 e. The van der Waals surface area contributed by atoms with Crippen molar-refractivity contribution in [3.05, 3.63) is 30.3 Å². The Morgan fingerprint density at radius 3 is 2.67 bits per heavy atom. The molecule has 0 saturated carbocycles. The fourth-order valence-corrected chi connectivity index (χ4v) is 4.14. The van der Waals surface area contributed by atoms with Gasteiger partial charge in [-0.05, 0) is 31.4 Å². The highest BCUT2D eigenvalue weighted by molar-refractivity contribution is 8.00. The van der Waals surface area contributed by atoms with E-state index in [0.29, 0.717) is 17.2 Å². The summed E-state index contributed by atoms with van der Waals surface area (Å²) >= 11 is 1.38. The quantitative estimate of drug-likeness (QED) is 0.848. The van der Waals surface area contributed by atoms with Gasteiger partial charge in [-0.1, -0.05) is 30.0 Å². The molecule has 4 rings (SSSR count). The number of thioether (sulfide) groups is 1. The number of benzene rings is 1. The van der Waals surface area contributed by atoms with Gasteiger partial charge < -0.3 is 14.1 Å². The molecule has 2 saturated heterocycles. The number of ether oxygens (including phenoxy) is 1. The van der Waals surface area contributed by atoms with E-state index in [1.54, 1.807) is 0 Å². The molecule has 1 aromatic carbocycles. The van der Waals surface area contributed by atoms with Crippen LogP contribution in [0.4, 0.5) is 0 Å². The fraction of sp³-hybridized carbons (Fsp3) is 0.471. The molecule has 2 fully saturated rings. The normalized spacial score (nSPS) is 22.2. The molecule has 0 unspecified atom stereocenters. The van der Waals surface area contributed by atoms with Gasteiger partial charge in [0, 0.05) is 31.4 Å². The lowest BCUT2D eigenvalue weighted by atomic mass is 10.1. The van der Waals surface area contributed by atoms with E-state index >= 15 is 0 Å². The summed E-state index contributed by atoms with van der Waals surface area (Å²) in [7, 11) is 0. The smallest absolute Gasteiger partial charge is 0.277 e. The average molecular weight is 345 g/mol. The van der Waals surface area contributed by atoms with Gasteiger partial charge in [0.15, 0.2) is 0 Å². The lowest BCUT2D eigenvalue weighted by Gasteiger charge is -2.31. The first-order valence-electron chi connectivity index (χ1n) is 8.25. The van der Waals surface area contributed by atoms with E-state index in [1.165, 1.54) is 11.8 Å². The zero-order valence-corrected chi connectivity index (χ0v) is 14.1. The first-order valence-corrected chi connectivity index (χ1v) is 9.13. The summed E-state index contributed by atoms with van der Waals surface area (Å²) in [6.07, 6.45) is 2.69. The molecule has 1 amide bonds. The van der Waals surface area contributed by atoms with Gasteiger partial charge in [0.2, 0.25) is 11.8 Å². The first-order chi connectivity index (χ1) is 11.8. The van der Waals surface area contributed by atoms with Crippen LogP contribution in [0.1, 0.15) is 19.3 Å². The number of hydrogen-bond acceptors (Lipinski definition) is 6. The van der Waals surface area contributed by atoms with E-state index in [0.717, 1.165) is 44.6 Å². The lowest BCUT2D eigenvalue weighted by molar-refractivity contribution is -0.130. The van der Waals surface area contributed by atoms with Crippen LogP contribution in [0.3, 0.4) is 0 Å². The molecule has 2 aliphatic heterocycles. The van der Waals surface area contributed by atoms with Crippen molar-refractivity contribution in [2.24, 2.45) is 0 Å². The highest BCUT2D eigenvalue weighted by Crippen LogP contribution is 2.33. The molecule has 2 aromatic rings. The van der Waals surface area contributed by atoms with Crippen LogP contribution in [-0.4, -0.2) is 52.1 Å². The van der Waals surface area contributed by atoms with Gasteiger partial charge in [0.1, 0.15) is 0 Å². The SMILES string of the molecule is O=C1[C@@H](Sc2nnc(-c3ccccc3)o2)CCN1C1CCOCC1. The molecular weight excluding hydrogens is 326 g/mol. The maximum absolute atomic E-state index is 12.7. The van der Waals surface area contributed by atoms with Gasteiger partial charge >= 0.3 is 0 Å². The second-order valence-electron chi connectivity index (χ2n) is 6.01. The molecule has 0 spiro atoms. The third kappa shape index (κ3) is 3.18. The topological polar surface area (TPSA) is 68.5 Å². The van der Waals surface area contributed by atoms with Crippen LogP contribution in [0.25, 0.3) is 11.5 Å². The predicted octanol–water partition coefficient (Wildman–Crippen LogP) is 2.61. The highest BCUT2D eigenvalue weighted by Gasteiger charge is 2.37. The molecule has 0 aliphatic carbocycles. The van der Waals surface area contributed by atoms with Crippen LogP contribution < -0.4 is 0 Å². The molecule has 24 heavy (non-hydrogen) atoms. The second-order valence-corrected chi connectivity index (χ2v) is 7.16. The number of amides is 1. The van der Waals surface area contributed by atoms with Crippen LogP contribution in [0, 0.1) is 0 Å². The lowest BCUT2D eigenvalue weighted by Crippen LogP contribution is -2.41. The number of hydrogen-bond donors (Lipinski definition) is 0. The zero-order valence-electron chi connectivity index (χ0n) is 13.3. The van der Waals surface area contributed by atoms with Crippen LogP contribution in [-0.2, 0) is 9.53 Å². The average Bonchev–Trinajstić information content (AvgIpc) is 3.25. The Labute approximate surface area is 144 Å². The minimum atomic E-state index is -0.128. The predicted molar refractivity (Wildman–Crippen MR) is 89.6 cm³/mol. The van der Waals surface area contributed by atoms with Crippen molar-refractivity contribution in [3.63, 3.8) is 0 Å². The van der Waals surface area contributed by atoms with E-state index in [2.05, 4.69) is 10.2 Å². The monoisotopic (exact) mass is 345 g/mol. The van der Waals surface area contributed by atoms with Crippen LogP contribution >= 0.6 is 11.8 Å². The molecule has 2 aliphatic rings. The van der Waals surface area contributed by atoms with Gasteiger partial charge in [-0.2, -0.15) is 0 Å². The Morgan fingerprint density at radius 2 is 1.88 bits per heavy atom. The van der Waals surface area contributed by atoms with E-state index in [1.807, 2.05) is 35.2 Å². The first kappa shape index (κ1) is 15.7. The molecule has 126 valence electrons. The number of carbonyl (C=O) groups is 1. The standard InChI is InChI=1S/C17H19N3O3S/c21-16-14(6-9-20(16)13-7-10-22-11-8-13)24-17-19-18-15(23-17)12-4-2-1-3-5-12/h1-5,13-14H,6-11H2/t14-/m0/s1. The van der Waals surface area contributed by atoms with Crippen molar-refractivity contribution >= 4 is 17.7 Å². The zero-order chi connectivity index (χ0) is 16.4. The van der Waals surface area contributed by atoms with Gasteiger partial charge in [0.05, 0.1) is 5.25 Å². The van der Waals surface area contributed by atoms with E-state index in [4.69, 9.17) is 9.15 Å². The van der Waals surface area contributed by atoms with Gasteiger partial charge in [0.25, 0.3) is 5.22 Å². The third-order valence-corrected chi connectivity index (χ3v) is 5.58. The number of nitrogens with zero attached hydrogens (tertiary/aromatic N) is 3. The van der Waals surface area contributed by atoms with E-state index in [-0.39, 0.29) is 11.2 Å². The fourth-order valence-electron chi connectivity index (χ4n) is 3.22. The summed E-state index contributed by atoms with van der Waals surface area (Å²) in [6.45, 7) is 2.30. The number of rotatable bonds is 4. The minimum absolute atomic E-state index is 0.128. The van der Waals surface area contributed by atoms with Crippen molar-refractivity contribution in [2.45, 2.75) is 35.8 Å². The van der Waals surface area contributed by atoms with Crippen molar-refractivity contribution in [1.29, 1.82) is 0 Å². The summed E-state index contributed by atoms with van der Waals surface area (Å²) in [6, 6.07) is 9.97. The molecule has 7 heteroatoms. The molecule has 0 bridgehead atoms. The summed E-state index contributed by atoms with van der Waals surface area (Å²) in [5.74, 6) is 0.677. The summed E-state index contributed by atoms with van der Waals surface area (Å²) in [4.78, 5) is 14.7. The van der Waals surface area contributed by atoms with Crippen molar-refractivity contribution in [2.75, 3.05) is 19.8 Å². The van der Waals surface area contributed by atoms with Crippen molar-refractivity contribution < 1.29 is 13.9 Å². The highest BCUT2D eigenvalue weighted by atomic mass is 32.2. The number of aromatic nitrogens is 2. The Bertz CT molecular complexity index is 700. The van der Waals surface area contributed by atoms with Gasteiger partial charge in [-0.25, -0.2) is 0 Å². The van der Waals surface area contributed by atoms with Crippen LogP contribution in [0.15, 0.2) is 40.0 Å². The maximum atomic E-state index is 12.7. The number of likely N-dealkylation sites (tertiary alicyclic amines) is 1. The molecule has 1 aromatic heterocycles. The molecular formula is C17H19N3O3S. The van der Waals surface area contributed by atoms with Gasteiger partial charge in [-0.3, -0.25) is 4.79 Å². The van der Waals surface area contributed by atoms with E-state index in [9.17, 15) is 4.79 Å². The Hall–Kier alpha value is -1.86. The van der Waals surface area contributed by atoms with E-state index < -0.39 is 0 Å². The molecule has 1 atom stereocenters. The van der Waals surface area contributed by atoms with Crippen LogP contribution in [0.2, 0.25) is 0 Å². The summed E-state index contributed by atoms with van der Waals surface area (Å²) in [5, 5.41) is 8.50. The molecule has 0 radical (unpaired) electrons. The molecule has 3 heterocycles. The van der Waals surface area contributed by atoms with Crippen LogP contribution in [0.5, 0.6) is 0 Å². The second kappa shape index (κ2) is 6.94. The Morgan fingerprint density at radius 1 is 1.08 bits per heavy atom. The Balaban J connectivity index is 1.41. The summed E-state index contributed by atoms with van der Waals surface area (Å²) in [5.41, 5.74) is 0.887. The van der Waals surface area contributed by atoms with Crippen molar-refractivity contribution in [3.8, 4) is 11.5 Å². The van der Waals surface area contributed by atoms with Crippen molar-refractivity contribution in [1.82, 2.24) is 15.1 Å². The third-order valence-electron chi connectivity index (χ3n) is 4.49. The maximum Gasteiger partial charge on any atom is 0.277 e.